The van der Waals surface area contributed by atoms with Gasteiger partial charge in [-0.15, -0.1) is 11.8 Å². The third-order valence-corrected chi connectivity index (χ3v) is 4.16. The molecule has 0 heterocycles. The first-order chi connectivity index (χ1) is 9.20. The lowest BCUT2D eigenvalue weighted by atomic mass is 10.0. The molecule has 0 fully saturated rings. The molecule has 2 unspecified atom stereocenters. The van der Waals surface area contributed by atoms with Gasteiger partial charge in [-0.2, -0.15) is 0 Å². The first-order valence-electron chi connectivity index (χ1n) is 6.65. The van der Waals surface area contributed by atoms with Crippen molar-refractivity contribution >= 4 is 11.8 Å². The zero-order valence-electron chi connectivity index (χ0n) is 11.8. The van der Waals surface area contributed by atoms with E-state index in [1.165, 1.54) is 16.0 Å². The Morgan fingerprint density at radius 3 is 1.84 bits per heavy atom. The first-order valence-corrected chi connectivity index (χ1v) is 7.88. The quantitative estimate of drug-likeness (QED) is 0.782. The number of benzene rings is 2. The topological polar surface area (TPSA) is 12.0 Å². The summed E-state index contributed by atoms with van der Waals surface area (Å²) in [7, 11) is 0. The molecule has 0 amide bonds. The Morgan fingerprint density at radius 1 is 0.789 bits per heavy atom. The highest BCUT2D eigenvalue weighted by atomic mass is 32.2. The molecule has 0 radical (unpaired) electrons. The van der Waals surface area contributed by atoms with Gasteiger partial charge in [0.15, 0.2) is 0 Å². The number of hydrogen-bond acceptors (Lipinski definition) is 2. The molecule has 0 spiro atoms. The van der Waals surface area contributed by atoms with Crippen molar-refractivity contribution in [3.05, 3.63) is 65.7 Å². The monoisotopic (exact) mass is 271 g/mol. The van der Waals surface area contributed by atoms with Crippen LogP contribution in [0.2, 0.25) is 0 Å². The van der Waals surface area contributed by atoms with Crippen LogP contribution in [0.3, 0.4) is 0 Å². The molecule has 2 rings (SSSR count). The van der Waals surface area contributed by atoms with E-state index in [1.54, 1.807) is 11.8 Å². The maximum absolute atomic E-state index is 3.64. The van der Waals surface area contributed by atoms with Crippen molar-refractivity contribution in [1.82, 2.24) is 5.32 Å². The van der Waals surface area contributed by atoms with E-state index in [0.29, 0.717) is 12.1 Å². The minimum Gasteiger partial charge on any atom is -0.304 e. The maximum atomic E-state index is 3.64. The van der Waals surface area contributed by atoms with Crippen molar-refractivity contribution in [2.75, 3.05) is 6.26 Å². The highest BCUT2D eigenvalue weighted by molar-refractivity contribution is 7.98. The average molecular weight is 271 g/mol. The Bertz CT molecular complexity index is 492. The number of hydrogen-bond donors (Lipinski definition) is 1. The third kappa shape index (κ3) is 3.85. The van der Waals surface area contributed by atoms with Crippen molar-refractivity contribution in [2.24, 2.45) is 0 Å². The molecule has 0 saturated heterocycles. The summed E-state index contributed by atoms with van der Waals surface area (Å²) in [5.74, 6) is 0. The van der Waals surface area contributed by atoms with Crippen LogP contribution in [0.5, 0.6) is 0 Å². The van der Waals surface area contributed by atoms with Gasteiger partial charge in [-0.25, -0.2) is 0 Å². The summed E-state index contributed by atoms with van der Waals surface area (Å²) in [6.45, 7) is 4.43. The average Bonchev–Trinajstić information content (AvgIpc) is 2.48. The van der Waals surface area contributed by atoms with Crippen molar-refractivity contribution in [3.63, 3.8) is 0 Å². The minimum atomic E-state index is 0.353. The fourth-order valence-corrected chi connectivity index (χ4v) is 2.61. The Balaban J connectivity index is 2.02. The van der Waals surface area contributed by atoms with Crippen molar-refractivity contribution in [2.45, 2.75) is 30.8 Å². The molecule has 2 atom stereocenters. The van der Waals surface area contributed by atoms with Gasteiger partial charge < -0.3 is 5.32 Å². The Hall–Kier alpha value is -1.25. The van der Waals surface area contributed by atoms with Crippen molar-refractivity contribution in [1.29, 1.82) is 0 Å². The second kappa shape index (κ2) is 6.78. The van der Waals surface area contributed by atoms with E-state index < -0.39 is 0 Å². The second-order valence-corrected chi connectivity index (χ2v) is 5.67. The van der Waals surface area contributed by atoms with Crippen LogP contribution in [0.1, 0.15) is 37.1 Å². The summed E-state index contributed by atoms with van der Waals surface area (Å²) in [5.41, 5.74) is 2.66. The predicted octanol–water partition coefficient (Wildman–Crippen LogP) is 4.82. The molecule has 1 nitrogen and oxygen atoms in total. The van der Waals surface area contributed by atoms with E-state index in [4.69, 9.17) is 0 Å². The molecule has 19 heavy (non-hydrogen) atoms. The molecule has 0 aromatic heterocycles. The van der Waals surface area contributed by atoms with Gasteiger partial charge in [0.2, 0.25) is 0 Å². The summed E-state index contributed by atoms with van der Waals surface area (Å²) in [4.78, 5) is 1.31. The Morgan fingerprint density at radius 2 is 1.32 bits per heavy atom. The first kappa shape index (κ1) is 14.2. The van der Waals surface area contributed by atoms with Gasteiger partial charge >= 0.3 is 0 Å². The van der Waals surface area contributed by atoms with Gasteiger partial charge in [0.25, 0.3) is 0 Å². The fourth-order valence-electron chi connectivity index (χ4n) is 2.20. The van der Waals surface area contributed by atoms with Gasteiger partial charge in [0.1, 0.15) is 0 Å². The normalized spacial score (nSPS) is 14.1. The maximum Gasteiger partial charge on any atom is 0.0297 e. The molecule has 2 aromatic rings. The zero-order valence-corrected chi connectivity index (χ0v) is 12.6. The number of rotatable bonds is 5. The van der Waals surface area contributed by atoms with Gasteiger partial charge in [-0.1, -0.05) is 42.5 Å². The van der Waals surface area contributed by atoms with Gasteiger partial charge in [-0.05, 0) is 43.4 Å². The van der Waals surface area contributed by atoms with E-state index >= 15 is 0 Å². The number of thioether (sulfide) groups is 1. The molecule has 2 aromatic carbocycles. The van der Waals surface area contributed by atoms with E-state index in [1.807, 2.05) is 0 Å². The number of nitrogens with one attached hydrogen (secondary N) is 1. The third-order valence-electron chi connectivity index (χ3n) is 3.42. The lowest BCUT2D eigenvalue weighted by Crippen LogP contribution is -2.22. The lowest BCUT2D eigenvalue weighted by molar-refractivity contribution is 0.494. The van der Waals surface area contributed by atoms with E-state index in [-0.39, 0.29) is 0 Å². The van der Waals surface area contributed by atoms with E-state index in [0.717, 1.165) is 0 Å². The lowest BCUT2D eigenvalue weighted by Gasteiger charge is -2.21. The molecule has 0 aliphatic rings. The molecule has 100 valence electrons. The standard InChI is InChI=1S/C17H21NS/c1-13(15-7-5-4-6-8-15)18-14(2)16-9-11-17(19-3)12-10-16/h4-14,18H,1-3H3. The Kier molecular flexibility index (Phi) is 5.06. The summed E-state index contributed by atoms with van der Waals surface area (Å²) in [5, 5.41) is 3.64. The SMILES string of the molecule is CSc1ccc(C(C)NC(C)c2ccccc2)cc1. The van der Waals surface area contributed by atoms with Crippen LogP contribution < -0.4 is 5.32 Å². The van der Waals surface area contributed by atoms with Crippen LogP contribution in [0.15, 0.2) is 59.5 Å². The van der Waals surface area contributed by atoms with Crippen molar-refractivity contribution < 1.29 is 0 Å². The van der Waals surface area contributed by atoms with Crippen LogP contribution in [-0.2, 0) is 0 Å². The summed E-state index contributed by atoms with van der Waals surface area (Å²) < 4.78 is 0. The second-order valence-electron chi connectivity index (χ2n) is 4.79. The largest absolute Gasteiger partial charge is 0.304 e. The predicted molar refractivity (Wildman–Crippen MR) is 84.6 cm³/mol. The molecular formula is C17H21NS. The fraction of sp³-hybridized carbons (Fsp3) is 0.294. The summed E-state index contributed by atoms with van der Waals surface area (Å²) >= 11 is 1.78. The highest BCUT2D eigenvalue weighted by Crippen LogP contribution is 2.21. The molecule has 0 bridgehead atoms. The van der Waals surface area contributed by atoms with Crippen LogP contribution in [0.4, 0.5) is 0 Å². The summed E-state index contributed by atoms with van der Waals surface area (Å²) in [6.07, 6.45) is 2.11. The molecule has 0 aliphatic carbocycles. The zero-order chi connectivity index (χ0) is 13.7. The molecule has 1 N–H and O–H groups in total. The Labute approximate surface area is 120 Å². The van der Waals surface area contributed by atoms with E-state index in [2.05, 4.69) is 80.0 Å². The van der Waals surface area contributed by atoms with Crippen LogP contribution in [0.25, 0.3) is 0 Å². The highest BCUT2D eigenvalue weighted by Gasteiger charge is 2.10. The minimum absolute atomic E-state index is 0.353. The van der Waals surface area contributed by atoms with Crippen LogP contribution >= 0.6 is 11.8 Å². The summed E-state index contributed by atoms with van der Waals surface area (Å²) in [6, 6.07) is 20.1. The molecule has 0 aliphatic heterocycles. The van der Waals surface area contributed by atoms with E-state index in [9.17, 15) is 0 Å². The van der Waals surface area contributed by atoms with Gasteiger partial charge in [0.05, 0.1) is 0 Å². The van der Waals surface area contributed by atoms with Crippen LogP contribution in [-0.4, -0.2) is 6.26 Å². The van der Waals surface area contributed by atoms with Crippen LogP contribution in [0, 0.1) is 0 Å². The molecule has 0 saturated carbocycles. The van der Waals surface area contributed by atoms with Gasteiger partial charge in [0, 0.05) is 17.0 Å². The van der Waals surface area contributed by atoms with Gasteiger partial charge in [-0.3, -0.25) is 0 Å². The molecular weight excluding hydrogens is 250 g/mol. The molecule has 2 heteroatoms. The van der Waals surface area contributed by atoms with Crippen molar-refractivity contribution in [3.8, 4) is 0 Å². The smallest absolute Gasteiger partial charge is 0.0297 e.